The number of hydrogen-bond acceptors (Lipinski definition) is 4. The van der Waals surface area contributed by atoms with Crippen molar-refractivity contribution in [2.24, 2.45) is 0 Å². The van der Waals surface area contributed by atoms with Crippen LogP contribution < -0.4 is 0 Å². The van der Waals surface area contributed by atoms with Gasteiger partial charge >= 0.3 is 11.9 Å². The molecule has 0 spiro atoms. The number of carboxylic acid groups (broad SMARTS) is 1. The monoisotopic (exact) mass is 216 g/mol. The molecule has 0 rings (SSSR count). The van der Waals surface area contributed by atoms with Gasteiger partial charge in [0.25, 0.3) is 0 Å². The van der Waals surface area contributed by atoms with Gasteiger partial charge in [0.15, 0.2) is 0 Å². The molecule has 0 radical (unpaired) electrons. The molecule has 86 valence electrons. The van der Waals surface area contributed by atoms with Crippen molar-refractivity contribution in [1.82, 2.24) is 0 Å². The molecule has 0 fully saturated rings. The van der Waals surface area contributed by atoms with Crippen molar-refractivity contribution in [3.63, 3.8) is 0 Å². The first-order valence-electron chi connectivity index (χ1n) is 4.82. The molecule has 0 atom stereocenters. The molecule has 0 bridgehead atoms. The maximum absolute atomic E-state index is 10.8. The molecule has 15 heavy (non-hydrogen) atoms. The highest BCUT2D eigenvalue weighted by atomic mass is 16.6. The van der Waals surface area contributed by atoms with Crippen LogP contribution in [0.1, 0.15) is 19.8 Å². The lowest BCUT2D eigenvalue weighted by atomic mass is 10.4. The van der Waals surface area contributed by atoms with Crippen LogP contribution in [0.4, 0.5) is 0 Å². The molecule has 0 aliphatic carbocycles. The van der Waals surface area contributed by atoms with Crippen molar-refractivity contribution in [2.45, 2.75) is 19.8 Å². The molecular weight excluding hydrogens is 200 g/mol. The molecule has 1 N–H and O–H groups in total. The van der Waals surface area contributed by atoms with Crippen LogP contribution in [0.3, 0.4) is 0 Å². The highest BCUT2D eigenvalue weighted by Gasteiger charge is 1.97. The summed E-state index contributed by atoms with van der Waals surface area (Å²) in [6.45, 7) is 3.19. The van der Waals surface area contributed by atoms with Gasteiger partial charge in [0.1, 0.15) is 6.61 Å². The normalized spacial score (nSPS) is 10.5. The topological polar surface area (TPSA) is 72.8 Å². The van der Waals surface area contributed by atoms with Gasteiger partial charge in [0.05, 0.1) is 6.61 Å². The van der Waals surface area contributed by atoms with E-state index in [1.54, 1.807) is 0 Å². The van der Waals surface area contributed by atoms with Crippen LogP contribution >= 0.6 is 0 Å². The number of rotatable bonds is 8. The summed E-state index contributed by atoms with van der Waals surface area (Å²) in [5.41, 5.74) is 0. The van der Waals surface area contributed by atoms with E-state index in [4.69, 9.17) is 9.84 Å². The lowest BCUT2D eigenvalue weighted by Gasteiger charge is -2.03. The Kier molecular flexibility index (Phi) is 8.37. The van der Waals surface area contributed by atoms with Crippen molar-refractivity contribution in [2.75, 3.05) is 19.8 Å². The van der Waals surface area contributed by atoms with Gasteiger partial charge in [0.2, 0.25) is 0 Å². The summed E-state index contributed by atoms with van der Waals surface area (Å²) in [4.78, 5) is 20.8. The largest absolute Gasteiger partial charge is 0.478 e. The van der Waals surface area contributed by atoms with Gasteiger partial charge in [0, 0.05) is 18.8 Å². The van der Waals surface area contributed by atoms with Gasteiger partial charge < -0.3 is 14.6 Å². The van der Waals surface area contributed by atoms with E-state index >= 15 is 0 Å². The average Bonchev–Trinajstić information content (AvgIpc) is 2.20. The van der Waals surface area contributed by atoms with Crippen molar-refractivity contribution in [1.29, 1.82) is 0 Å². The van der Waals surface area contributed by atoms with Crippen LogP contribution in [0.5, 0.6) is 0 Å². The summed E-state index contributed by atoms with van der Waals surface area (Å²) in [5.74, 6) is -1.84. The fourth-order valence-corrected chi connectivity index (χ4v) is 0.737. The number of carbonyl (C=O) groups excluding carboxylic acids is 1. The van der Waals surface area contributed by atoms with Crippen molar-refractivity contribution >= 4 is 11.9 Å². The Morgan fingerprint density at radius 3 is 2.53 bits per heavy atom. The summed E-state index contributed by atoms with van der Waals surface area (Å²) in [7, 11) is 0. The van der Waals surface area contributed by atoms with Gasteiger partial charge in [-0.25, -0.2) is 9.59 Å². The average molecular weight is 216 g/mol. The Morgan fingerprint density at radius 1 is 1.20 bits per heavy atom. The number of carbonyl (C=O) groups is 2. The van der Waals surface area contributed by atoms with Crippen LogP contribution in [0, 0.1) is 0 Å². The standard InChI is InChI=1S/C10H16O5/c1-2-3-6-14-7-8-15-10(13)5-4-9(11)12/h4-5H,2-3,6-8H2,1H3,(H,11,12). The lowest BCUT2D eigenvalue weighted by molar-refractivity contribution is -0.140. The minimum atomic E-state index is -1.17. The van der Waals surface area contributed by atoms with Gasteiger partial charge in [-0.15, -0.1) is 0 Å². The molecule has 0 heterocycles. The van der Waals surface area contributed by atoms with Crippen molar-refractivity contribution in [3.8, 4) is 0 Å². The van der Waals surface area contributed by atoms with E-state index < -0.39 is 11.9 Å². The van der Waals surface area contributed by atoms with E-state index in [-0.39, 0.29) is 6.61 Å². The van der Waals surface area contributed by atoms with Crippen LogP contribution in [0.25, 0.3) is 0 Å². The zero-order chi connectivity index (χ0) is 11.5. The minimum Gasteiger partial charge on any atom is -0.478 e. The molecule has 0 aliphatic heterocycles. The molecular formula is C10H16O5. The Bertz CT molecular complexity index is 222. The third-order valence-corrected chi connectivity index (χ3v) is 1.48. The first-order valence-corrected chi connectivity index (χ1v) is 4.82. The first kappa shape index (κ1) is 13.6. The van der Waals surface area contributed by atoms with Gasteiger partial charge in [-0.2, -0.15) is 0 Å². The van der Waals surface area contributed by atoms with Crippen LogP contribution in [-0.2, 0) is 19.1 Å². The second-order valence-electron chi connectivity index (χ2n) is 2.80. The Hall–Kier alpha value is -1.36. The predicted octanol–water partition coefficient (Wildman–Crippen LogP) is 0.987. The Balaban J connectivity index is 3.35. The van der Waals surface area contributed by atoms with E-state index in [9.17, 15) is 9.59 Å². The van der Waals surface area contributed by atoms with Crippen molar-refractivity contribution in [3.05, 3.63) is 12.2 Å². The summed E-state index contributed by atoms with van der Waals surface area (Å²) in [6.07, 6.45) is 3.64. The summed E-state index contributed by atoms with van der Waals surface area (Å²) in [5, 5.41) is 8.21. The molecule has 0 saturated carbocycles. The Labute approximate surface area is 88.7 Å². The quantitative estimate of drug-likeness (QED) is 0.372. The molecule has 5 nitrogen and oxygen atoms in total. The number of esters is 1. The molecule has 0 saturated heterocycles. The van der Waals surface area contributed by atoms with E-state index in [0.29, 0.717) is 13.2 Å². The third-order valence-electron chi connectivity index (χ3n) is 1.48. The molecule has 0 unspecified atom stereocenters. The number of ether oxygens (including phenoxy) is 2. The predicted molar refractivity (Wildman–Crippen MR) is 53.5 cm³/mol. The summed E-state index contributed by atoms with van der Waals surface area (Å²) >= 11 is 0. The summed E-state index contributed by atoms with van der Waals surface area (Å²) in [6, 6.07) is 0. The molecule has 0 aromatic rings. The highest BCUT2D eigenvalue weighted by Crippen LogP contribution is 1.88. The van der Waals surface area contributed by atoms with E-state index in [1.165, 1.54) is 0 Å². The number of aliphatic carboxylic acids is 1. The maximum atomic E-state index is 10.8. The maximum Gasteiger partial charge on any atom is 0.331 e. The van der Waals surface area contributed by atoms with Gasteiger partial charge in [-0.3, -0.25) is 0 Å². The second-order valence-corrected chi connectivity index (χ2v) is 2.80. The minimum absolute atomic E-state index is 0.145. The van der Waals surface area contributed by atoms with Crippen molar-refractivity contribution < 1.29 is 24.2 Å². The lowest BCUT2D eigenvalue weighted by Crippen LogP contribution is -2.09. The fourth-order valence-electron chi connectivity index (χ4n) is 0.737. The zero-order valence-electron chi connectivity index (χ0n) is 8.77. The van der Waals surface area contributed by atoms with Gasteiger partial charge in [-0.1, -0.05) is 13.3 Å². The third kappa shape index (κ3) is 10.6. The Morgan fingerprint density at radius 2 is 1.93 bits per heavy atom. The van der Waals surface area contributed by atoms with Crippen LogP contribution in [-0.4, -0.2) is 36.9 Å². The fraction of sp³-hybridized carbons (Fsp3) is 0.600. The molecule has 5 heteroatoms. The second kappa shape index (κ2) is 9.21. The highest BCUT2D eigenvalue weighted by molar-refractivity contribution is 5.90. The smallest absolute Gasteiger partial charge is 0.331 e. The first-order chi connectivity index (χ1) is 7.16. The van der Waals surface area contributed by atoms with E-state index in [1.807, 2.05) is 0 Å². The SMILES string of the molecule is CCCCOCCOC(=O)C=CC(=O)O. The molecule has 0 aromatic carbocycles. The van der Waals surface area contributed by atoms with E-state index in [2.05, 4.69) is 11.7 Å². The number of carboxylic acids is 1. The number of hydrogen-bond donors (Lipinski definition) is 1. The van der Waals surface area contributed by atoms with E-state index in [0.717, 1.165) is 25.0 Å². The molecule has 0 amide bonds. The summed E-state index contributed by atoms with van der Waals surface area (Å²) < 4.78 is 9.79. The van der Waals surface area contributed by atoms with Crippen LogP contribution in [0.2, 0.25) is 0 Å². The molecule has 0 aromatic heterocycles. The zero-order valence-corrected chi connectivity index (χ0v) is 8.77. The molecule has 0 aliphatic rings. The van der Waals surface area contributed by atoms with Gasteiger partial charge in [-0.05, 0) is 6.42 Å². The number of unbranched alkanes of at least 4 members (excludes halogenated alkanes) is 1. The van der Waals surface area contributed by atoms with Crippen LogP contribution in [0.15, 0.2) is 12.2 Å².